The van der Waals surface area contributed by atoms with E-state index in [1.807, 2.05) is 4.90 Å². The average molecular weight is 375 g/mol. The van der Waals surface area contributed by atoms with E-state index in [9.17, 15) is 19.7 Å². The number of rotatable bonds is 3. The molecule has 0 bridgehead atoms. The highest BCUT2D eigenvalue weighted by molar-refractivity contribution is 5.96. The van der Waals surface area contributed by atoms with E-state index in [1.165, 1.54) is 13.0 Å². The maximum atomic E-state index is 12.7. The summed E-state index contributed by atoms with van der Waals surface area (Å²) in [6, 6.07) is 4.59. The van der Waals surface area contributed by atoms with E-state index in [-0.39, 0.29) is 23.5 Å². The SMILES string of the molecule is CC(=O)N1CCN(c2ccc(C(=O)N3CCCC(N)C3)cc2[N+](=O)[O-])CC1. The van der Waals surface area contributed by atoms with Gasteiger partial charge < -0.3 is 20.4 Å². The molecule has 0 aromatic heterocycles. The summed E-state index contributed by atoms with van der Waals surface area (Å²) < 4.78 is 0. The molecule has 2 aliphatic rings. The fourth-order valence-electron chi connectivity index (χ4n) is 3.71. The van der Waals surface area contributed by atoms with Crippen molar-refractivity contribution in [2.75, 3.05) is 44.2 Å². The summed E-state index contributed by atoms with van der Waals surface area (Å²) in [5.74, 6) is -0.217. The standard InChI is InChI=1S/C18H25N5O4/c1-13(24)20-7-9-21(10-8-20)16-5-4-14(11-17(16)23(26)27)18(25)22-6-2-3-15(19)12-22/h4-5,11,15H,2-3,6-10,12,19H2,1H3. The quantitative estimate of drug-likeness (QED) is 0.618. The summed E-state index contributed by atoms with van der Waals surface area (Å²) in [6.07, 6.45) is 1.72. The third-order valence-electron chi connectivity index (χ3n) is 5.23. The number of hydrogen-bond donors (Lipinski definition) is 1. The zero-order valence-corrected chi connectivity index (χ0v) is 15.5. The molecule has 27 heavy (non-hydrogen) atoms. The van der Waals surface area contributed by atoms with Crippen molar-refractivity contribution in [2.24, 2.45) is 5.73 Å². The van der Waals surface area contributed by atoms with Crippen LogP contribution in [0.3, 0.4) is 0 Å². The van der Waals surface area contributed by atoms with Gasteiger partial charge in [-0.3, -0.25) is 19.7 Å². The molecule has 0 aliphatic carbocycles. The maximum absolute atomic E-state index is 12.7. The van der Waals surface area contributed by atoms with Crippen molar-refractivity contribution in [1.29, 1.82) is 0 Å². The molecule has 2 heterocycles. The molecule has 1 aromatic carbocycles. The first-order chi connectivity index (χ1) is 12.9. The van der Waals surface area contributed by atoms with Crippen LogP contribution in [0.25, 0.3) is 0 Å². The Morgan fingerprint density at radius 2 is 1.85 bits per heavy atom. The van der Waals surface area contributed by atoms with E-state index in [4.69, 9.17) is 5.73 Å². The molecule has 146 valence electrons. The Balaban J connectivity index is 1.80. The molecule has 0 saturated carbocycles. The van der Waals surface area contributed by atoms with Gasteiger partial charge in [-0.1, -0.05) is 0 Å². The number of piperidine rings is 1. The van der Waals surface area contributed by atoms with E-state index in [0.717, 1.165) is 12.8 Å². The Morgan fingerprint density at radius 1 is 1.15 bits per heavy atom. The van der Waals surface area contributed by atoms with Gasteiger partial charge in [-0.25, -0.2) is 0 Å². The lowest BCUT2D eigenvalue weighted by molar-refractivity contribution is -0.384. The molecule has 9 heteroatoms. The first-order valence-electron chi connectivity index (χ1n) is 9.20. The highest BCUT2D eigenvalue weighted by atomic mass is 16.6. The minimum Gasteiger partial charge on any atom is -0.362 e. The van der Waals surface area contributed by atoms with Crippen LogP contribution in [0.1, 0.15) is 30.1 Å². The Labute approximate surface area is 157 Å². The number of piperazine rings is 1. The van der Waals surface area contributed by atoms with Crippen molar-refractivity contribution < 1.29 is 14.5 Å². The van der Waals surface area contributed by atoms with Crippen LogP contribution in [0.5, 0.6) is 0 Å². The number of hydrogen-bond acceptors (Lipinski definition) is 6. The van der Waals surface area contributed by atoms with Crippen molar-refractivity contribution >= 4 is 23.2 Å². The Morgan fingerprint density at radius 3 is 2.44 bits per heavy atom. The van der Waals surface area contributed by atoms with E-state index < -0.39 is 4.92 Å². The number of carbonyl (C=O) groups is 2. The largest absolute Gasteiger partial charge is 0.362 e. The molecule has 1 atom stereocenters. The van der Waals surface area contributed by atoms with Crippen molar-refractivity contribution in [3.05, 3.63) is 33.9 Å². The number of carbonyl (C=O) groups excluding carboxylic acids is 2. The van der Waals surface area contributed by atoms with E-state index in [0.29, 0.717) is 50.5 Å². The van der Waals surface area contributed by atoms with Gasteiger partial charge in [-0.2, -0.15) is 0 Å². The molecule has 2 saturated heterocycles. The second-order valence-electron chi connectivity index (χ2n) is 7.11. The summed E-state index contributed by atoms with van der Waals surface area (Å²) in [4.78, 5) is 40.6. The number of benzene rings is 1. The van der Waals surface area contributed by atoms with Crippen LogP contribution in [0, 0.1) is 10.1 Å². The van der Waals surface area contributed by atoms with Gasteiger partial charge in [0.1, 0.15) is 5.69 Å². The Hall–Kier alpha value is -2.68. The van der Waals surface area contributed by atoms with Crippen LogP contribution in [0.15, 0.2) is 18.2 Å². The van der Waals surface area contributed by atoms with Gasteiger partial charge in [-0.15, -0.1) is 0 Å². The predicted molar refractivity (Wildman–Crippen MR) is 101 cm³/mol. The zero-order valence-electron chi connectivity index (χ0n) is 15.5. The van der Waals surface area contributed by atoms with Crippen molar-refractivity contribution in [1.82, 2.24) is 9.80 Å². The Kier molecular flexibility index (Phi) is 5.59. The van der Waals surface area contributed by atoms with Gasteiger partial charge in [0, 0.05) is 63.9 Å². The molecule has 2 amide bonds. The molecule has 2 N–H and O–H groups in total. The monoisotopic (exact) mass is 375 g/mol. The molecule has 2 fully saturated rings. The van der Waals surface area contributed by atoms with Gasteiger partial charge in [0.2, 0.25) is 5.91 Å². The summed E-state index contributed by atoms with van der Waals surface area (Å²) in [5.41, 5.74) is 6.64. The third-order valence-corrected chi connectivity index (χ3v) is 5.23. The molecule has 1 aromatic rings. The number of nitrogens with zero attached hydrogens (tertiary/aromatic N) is 4. The van der Waals surface area contributed by atoms with Crippen LogP contribution < -0.4 is 10.6 Å². The summed E-state index contributed by atoms with van der Waals surface area (Å²) in [7, 11) is 0. The van der Waals surface area contributed by atoms with E-state index in [1.54, 1.807) is 21.9 Å². The highest BCUT2D eigenvalue weighted by Gasteiger charge is 2.28. The fraction of sp³-hybridized carbons (Fsp3) is 0.556. The minimum absolute atomic E-state index is 0.00448. The first kappa shape index (κ1) is 19.1. The summed E-state index contributed by atoms with van der Waals surface area (Å²) in [6.45, 7) is 4.71. The average Bonchev–Trinajstić information content (AvgIpc) is 2.67. The Bertz CT molecular complexity index is 745. The van der Waals surface area contributed by atoms with E-state index >= 15 is 0 Å². The molecular weight excluding hydrogens is 350 g/mol. The van der Waals surface area contributed by atoms with E-state index in [2.05, 4.69) is 0 Å². The molecule has 3 rings (SSSR count). The maximum Gasteiger partial charge on any atom is 0.293 e. The second-order valence-corrected chi connectivity index (χ2v) is 7.11. The lowest BCUT2D eigenvalue weighted by Crippen LogP contribution is -2.48. The van der Waals surface area contributed by atoms with Gasteiger partial charge in [0.15, 0.2) is 0 Å². The molecule has 0 spiro atoms. The molecule has 2 aliphatic heterocycles. The lowest BCUT2D eigenvalue weighted by Gasteiger charge is -2.35. The van der Waals surface area contributed by atoms with Gasteiger partial charge in [0.25, 0.3) is 11.6 Å². The van der Waals surface area contributed by atoms with Crippen molar-refractivity contribution in [2.45, 2.75) is 25.8 Å². The minimum atomic E-state index is -0.453. The van der Waals surface area contributed by atoms with Crippen LogP contribution in [-0.4, -0.2) is 71.8 Å². The predicted octanol–water partition coefficient (Wildman–Crippen LogP) is 0.827. The highest BCUT2D eigenvalue weighted by Crippen LogP contribution is 2.31. The number of likely N-dealkylation sites (tertiary alicyclic amines) is 1. The first-order valence-corrected chi connectivity index (χ1v) is 9.20. The lowest BCUT2D eigenvalue weighted by atomic mass is 10.0. The number of amides is 2. The molecule has 9 nitrogen and oxygen atoms in total. The number of nitro groups is 1. The topological polar surface area (TPSA) is 113 Å². The van der Waals surface area contributed by atoms with Crippen LogP contribution in [0.4, 0.5) is 11.4 Å². The molecular formula is C18H25N5O4. The van der Waals surface area contributed by atoms with Crippen LogP contribution in [0.2, 0.25) is 0 Å². The number of anilines is 1. The molecule has 1 unspecified atom stereocenters. The summed E-state index contributed by atoms with van der Waals surface area (Å²) >= 11 is 0. The number of nitro benzene ring substituents is 1. The number of nitrogens with two attached hydrogens (primary N) is 1. The third kappa shape index (κ3) is 4.19. The van der Waals surface area contributed by atoms with Crippen molar-refractivity contribution in [3.63, 3.8) is 0 Å². The molecule has 0 radical (unpaired) electrons. The van der Waals surface area contributed by atoms with Gasteiger partial charge in [-0.05, 0) is 25.0 Å². The second kappa shape index (κ2) is 7.91. The van der Waals surface area contributed by atoms with Crippen LogP contribution in [-0.2, 0) is 4.79 Å². The van der Waals surface area contributed by atoms with Crippen molar-refractivity contribution in [3.8, 4) is 0 Å². The van der Waals surface area contributed by atoms with Gasteiger partial charge in [0.05, 0.1) is 4.92 Å². The zero-order chi connectivity index (χ0) is 19.6. The fourth-order valence-corrected chi connectivity index (χ4v) is 3.71. The van der Waals surface area contributed by atoms with Gasteiger partial charge >= 0.3 is 0 Å². The van der Waals surface area contributed by atoms with Crippen LogP contribution >= 0.6 is 0 Å². The normalized spacial score (nSPS) is 20.5. The summed E-state index contributed by atoms with van der Waals surface area (Å²) in [5, 5.41) is 11.6. The smallest absolute Gasteiger partial charge is 0.293 e.